The van der Waals surface area contributed by atoms with Crippen molar-refractivity contribution in [2.24, 2.45) is 5.92 Å². The molecule has 0 aromatic carbocycles. The van der Waals surface area contributed by atoms with Crippen molar-refractivity contribution in [3.05, 3.63) is 60.1 Å². The smallest absolute Gasteiger partial charge is 0.147 e. The molecule has 0 bridgehead atoms. The highest BCUT2D eigenvalue weighted by Gasteiger charge is 2.33. The molecular formula is C31H40N6O. The maximum absolute atomic E-state index is 10.2. The summed E-state index contributed by atoms with van der Waals surface area (Å²) in [5, 5.41) is 13.6. The molecule has 2 aliphatic heterocycles. The van der Waals surface area contributed by atoms with Crippen molar-refractivity contribution >= 4 is 23.4 Å². The van der Waals surface area contributed by atoms with Crippen LogP contribution in [-0.2, 0) is 4.74 Å². The molecule has 2 saturated heterocycles. The molecular weight excluding hydrogens is 472 g/mol. The molecule has 1 N–H and O–H groups in total. The summed E-state index contributed by atoms with van der Waals surface area (Å²) >= 11 is 0. The van der Waals surface area contributed by atoms with Gasteiger partial charge in [0.25, 0.3) is 0 Å². The molecule has 3 aliphatic rings. The average molecular weight is 513 g/mol. The molecule has 1 saturated carbocycles. The zero-order valence-corrected chi connectivity index (χ0v) is 22.8. The minimum Gasteiger partial charge on any atom is -0.378 e. The predicted molar refractivity (Wildman–Crippen MR) is 153 cm³/mol. The van der Waals surface area contributed by atoms with Gasteiger partial charge in [-0.25, -0.2) is 9.97 Å². The Bertz CT molecular complexity index is 1210. The van der Waals surface area contributed by atoms with Gasteiger partial charge in [0.2, 0.25) is 0 Å². The van der Waals surface area contributed by atoms with Gasteiger partial charge < -0.3 is 19.9 Å². The normalized spacial score (nSPS) is 21.4. The number of piperazine rings is 1. The van der Waals surface area contributed by atoms with E-state index in [1.165, 1.54) is 18.5 Å². The molecule has 0 spiro atoms. The fourth-order valence-electron chi connectivity index (χ4n) is 5.66. The monoisotopic (exact) mass is 512 g/mol. The van der Waals surface area contributed by atoms with E-state index < -0.39 is 0 Å². The first-order valence-electron chi connectivity index (χ1n) is 14.1. The van der Waals surface area contributed by atoms with Crippen molar-refractivity contribution in [3.8, 4) is 6.07 Å². The van der Waals surface area contributed by atoms with Gasteiger partial charge in [0.05, 0.1) is 23.0 Å². The summed E-state index contributed by atoms with van der Waals surface area (Å²) in [5.41, 5.74) is 4.74. The third kappa shape index (κ3) is 5.56. The van der Waals surface area contributed by atoms with Crippen LogP contribution >= 0.6 is 0 Å². The standard InChI is InChI=1S/C31H40N6O/c1-5-23-11-13-33-29(17-23)34-27-18-25(19-32)31(35-30(27)24-7-6-8-24)36-14-15-37(28(20-36)21(2)3)22(4)9-10-26-12-16-38-26/h5,11,13,17-18,21,24,26,28H,1,4,6-10,12,14-16,20H2,2-3H3,(H,33,34). The highest BCUT2D eigenvalue weighted by molar-refractivity contribution is 5.69. The van der Waals surface area contributed by atoms with Crippen LogP contribution in [0.1, 0.15) is 75.1 Å². The van der Waals surface area contributed by atoms with Crippen LogP contribution in [0.2, 0.25) is 0 Å². The van der Waals surface area contributed by atoms with Crippen LogP contribution in [0.3, 0.4) is 0 Å². The summed E-state index contributed by atoms with van der Waals surface area (Å²) < 4.78 is 5.63. The summed E-state index contributed by atoms with van der Waals surface area (Å²) in [4.78, 5) is 14.5. The maximum atomic E-state index is 10.2. The highest BCUT2D eigenvalue weighted by atomic mass is 16.5. The average Bonchev–Trinajstić information content (AvgIpc) is 2.87. The Morgan fingerprint density at radius 3 is 2.74 bits per heavy atom. The Labute approximate surface area is 227 Å². The maximum Gasteiger partial charge on any atom is 0.147 e. The molecule has 0 amide bonds. The second kappa shape index (κ2) is 11.6. The van der Waals surface area contributed by atoms with Crippen LogP contribution in [0.4, 0.5) is 17.3 Å². The first-order chi connectivity index (χ1) is 18.5. The molecule has 200 valence electrons. The number of hydrogen-bond donors (Lipinski definition) is 1. The summed E-state index contributed by atoms with van der Waals surface area (Å²) in [6.07, 6.45) is 10.6. The number of hydrogen-bond acceptors (Lipinski definition) is 7. The van der Waals surface area contributed by atoms with E-state index in [0.29, 0.717) is 29.5 Å². The third-order valence-corrected chi connectivity index (χ3v) is 8.37. The lowest BCUT2D eigenvalue weighted by molar-refractivity contribution is -0.0551. The van der Waals surface area contributed by atoms with Gasteiger partial charge in [-0.2, -0.15) is 5.26 Å². The predicted octanol–water partition coefficient (Wildman–Crippen LogP) is 6.23. The van der Waals surface area contributed by atoms with Crippen LogP contribution in [-0.4, -0.2) is 53.3 Å². The minimum atomic E-state index is 0.322. The number of ether oxygens (including phenoxy) is 1. The Hall–Kier alpha value is -3.37. The second-order valence-corrected chi connectivity index (χ2v) is 11.2. The zero-order valence-electron chi connectivity index (χ0n) is 22.8. The quantitative estimate of drug-likeness (QED) is 0.404. The molecule has 38 heavy (non-hydrogen) atoms. The molecule has 4 heterocycles. The number of nitrogens with one attached hydrogen (secondary N) is 1. The van der Waals surface area contributed by atoms with Crippen molar-refractivity contribution in [3.63, 3.8) is 0 Å². The Morgan fingerprint density at radius 2 is 2.11 bits per heavy atom. The number of nitriles is 1. The van der Waals surface area contributed by atoms with Gasteiger partial charge in [0, 0.05) is 50.1 Å². The Balaban J connectivity index is 1.39. The van der Waals surface area contributed by atoms with Crippen molar-refractivity contribution in [2.75, 3.05) is 36.5 Å². The van der Waals surface area contributed by atoms with Gasteiger partial charge in [-0.15, -0.1) is 0 Å². The third-order valence-electron chi connectivity index (χ3n) is 8.37. The molecule has 3 fully saturated rings. The molecule has 2 unspecified atom stereocenters. The molecule has 5 rings (SSSR count). The number of anilines is 3. The van der Waals surface area contributed by atoms with Gasteiger partial charge in [0.1, 0.15) is 17.7 Å². The molecule has 0 radical (unpaired) electrons. The number of aromatic nitrogens is 2. The van der Waals surface area contributed by atoms with Crippen LogP contribution in [0, 0.1) is 17.2 Å². The van der Waals surface area contributed by atoms with Crippen molar-refractivity contribution in [1.82, 2.24) is 14.9 Å². The summed E-state index contributed by atoms with van der Waals surface area (Å²) in [6, 6.07) is 8.63. The van der Waals surface area contributed by atoms with Crippen LogP contribution in [0.15, 0.2) is 43.3 Å². The second-order valence-electron chi connectivity index (χ2n) is 11.2. The minimum absolute atomic E-state index is 0.322. The molecule has 2 atom stereocenters. The lowest BCUT2D eigenvalue weighted by Gasteiger charge is -2.46. The van der Waals surface area contributed by atoms with Gasteiger partial charge in [-0.05, 0) is 61.8 Å². The van der Waals surface area contributed by atoms with Crippen LogP contribution < -0.4 is 10.2 Å². The highest BCUT2D eigenvalue weighted by Crippen LogP contribution is 2.41. The topological polar surface area (TPSA) is 77.3 Å². The van der Waals surface area contributed by atoms with E-state index in [9.17, 15) is 5.26 Å². The molecule has 1 aliphatic carbocycles. The van der Waals surface area contributed by atoms with E-state index in [4.69, 9.17) is 9.72 Å². The van der Waals surface area contributed by atoms with E-state index in [1.54, 1.807) is 6.20 Å². The first-order valence-corrected chi connectivity index (χ1v) is 14.1. The molecule has 2 aromatic heterocycles. The lowest BCUT2D eigenvalue weighted by Crippen LogP contribution is -2.55. The van der Waals surface area contributed by atoms with Gasteiger partial charge >= 0.3 is 0 Å². The van der Waals surface area contributed by atoms with Gasteiger partial charge in [0.15, 0.2) is 0 Å². The number of nitrogens with zero attached hydrogens (tertiary/aromatic N) is 5. The van der Waals surface area contributed by atoms with Crippen molar-refractivity contribution < 1.29 is 4.74 Å². The number of rotatable bonds is 10. The van der Waals surface area contributed by atoms with Crippen LogP contribution in [0.25, 0.3) is 6.08 Å². The van der Waals surface area contributed by atoms with E-state index in [-0.39, 0.29) is 0 Å². The summed E-state index contributed by atoms with van der Waals surface area (Å²) in [7, 11) is 0. The Kier molecular flexibility index (Phi) is 7.99. The van der Waals surface area contributed by atoms with Crippen LogP contribution in [0.5, 0.6) is 0 Å². The van der Waals surface area contributed by atoms with Crippen molar-refractivity contribution in [2.45, 2.75) is 70.4 Å². The molecule has 2 aromatic rings. The van der Waals surface area contributed by atoms with Crippen molar-refractivity contribution in [1.29, 1.82) is 5.26 Å². The van der Waals surface area contributed by atoms with Gasteiger partial charge in [-0.1, -0.05) is 39.5 Å². The molecule has 7 nitrogen and oxygen atoms in total. The van der Waals surface area contributed by atoms with E-state index in [0.717, 1.165) is 80.5 Å². The number of pyridine rings is 2. The SMILES string of the molecule is C=Cc1ccnc(Nc2cc(C#N)c(N3CCN(C(=C)CCC4CCO4)C(C(C)C)C3)nc2C2CCC2)c1. The first kappa shape index (κ1) is 26.2. The van der Waals surface area contributed by atoms with Gasteiger partial charge in [-0.3, -0.25) is 0 Å². The zero-order chi connectivity index (χ0) is 26.6. The fraction of sp³-hybridized carbons (Fsp3) is 0.516. The largest absolute Gasteiger partial charge is 0.378 e. The van der Waals surface area contributed by atoms with E-state index in [2.05, 4.69) is 53.2 Å². The van der Waals surface area contributed by atoms with E-state index >= 15 is 0 Å². The Morgan fingerprint density at radius 1 is 1.29 bits per heavy atom. The van der Waals surface area contributed by atoms with E-state index in [1.807, 2.05) is 24.3 Å². The molecule has 7 heteroatoms. The summed E-state index contributed by atoms with van der Waals surface area (Å²) in [5.74, 6) is 2.41. The summed E-state index contributed by atoms with van der Waals surface area (Å²) in [6.45, 7) is 16.3. The lowest BCUT2D eigenvalue weighted by atomic mass is 9.82. The fourth-order valence-corrected chi connectivity index (χ4v) is 5.66. The number of allylic oxidation sites excluding steroid dienone is 1.